The van der Waals surface area contributed by atoms with E-state index in [4.69, 9.17) is 0 Å². The number of aromatic amines is 1. The van der Waals surface area contributed by atoms with Gasteiger partial charge in [-0.25, -0.2) is 0 Å². The third kappa shape index (κ3) is 3.17. The summed E-state index contributed by atoms with van der Waals surface area (Å²) in [4.78, 5) is 20.5. The SMILES string of the molecule is Cc1ccccc1C(=O)N1CCN(Cc2c[nH]c3ccccc23)CC1. The van der Waals surface area contributed by atoms with Crippen LogP contribution in [0, 0.1) is 6.92 Å². The molecule has 128 valence electrons. The van der Waals surface area contributed by atoms with Crippen molar-refractivity contribution < 1.29 is 4.79 Å². The number of hydrogen-bond donors (Lipinski definition) is 1. The number of nitrogens with one attached hydrogen (secondary N) is 1. The topological polar surface area (TPSA) is 39.3 Å². The number of amides is 1. The summed E-state index contributed by atoms with van der Waals surface area (Å²) < 4.78 is 0. The minimum Gasteiger partial charge on any atom is -0.361 e. The summed E-state index contributed by atoms with van der Waals surface area (Å²) in [5.41, 5.74) is 4.39. The molecule has 1 aliphatic heterocycles. The van der Waals surface area contributed by atoms with E-state index >= 15 is 0 Å². The molecule has 0 aliphatic carbocycles. The molecule has 0 radical (unpaired) electrons. The Morgan fingerprint density at radius 3 is 2.52 bits per heavy atom. The number of hydrogen-bond acceptors (Lipinski definition) is 2. The van der Waals surface area contributed by atoms with Crippen LogP contribution >= 0.6 is 0 Å². The fourth-order valence-electron chi connectivity index (χ4n) is 3.60. The summed E-state index contributed by atoms with van der Waals surface area (Å²) in [5, 5.41) is 1.29. The number of para-hydroxylation sites is 1. The molecule has 2 heterocycles. The fourth-order valence-corrected chi connectivity index (χ4v) is 3.60. The van der Waals surface area contributed by atoms with Crippen molar-refractivity contribution >= 4 is 16.8 Å². The lowest BCUT2D eigenvalue weighted by Gasteiger charge is -2.35. The first-order valence-electron chi connectivity index (χ1n) is 8.84. The number of aromatic nitrogens is 1. The number of carbonyl (C=O) groups is 1. The van der Waals surface area contributed by atoms with Crippen molar-refractivity contribution in [2.45, 2.75) is 13.5 Å². The van der Waals surface area contributed by atoms with Gasteiger partial charge in [0.15, 0.2) is 0 Å². The first kappa shape index (κ1) is 15.9. The molecular weight excluding hydrogens is 310 g/mol. The number of nitrogens with zero attached hydrogens (tertiary/aromatic N) is 2. The summed E-state index contributed by atoms with van der Waals surface area (Å²) in [7, 11) is 0. The predicted molar refractivity (Wildman–Crippen MR) is 101 cm³/mol. The van der Waals surface area contributed by atoms with Crippen molar-refractivity contribution in [3.8, 4) is 0 Å². The van der Waals surface area contributed by atoms with Crippen LogP contribution in [0.4, 0.5) is 0 Å². The zero-order chi connectivity index (χ0) is 17.2. The molecule has 0 spiro atoms. The Hall–Kier alpha value is -2.59. The van der Waals surface area contributed by atoms with Crippen molar-refractivity contribution in [3.05, 3.63) is 71.4 Å². The van der Waals surface area contributed by atoms with E-state index in [1.165, 1.54) is 16.5 Å². The van der Waals surface area contributed by atoms with Gasteiger partial charge < -0.3 is 9.88 Å². The van der Waals surface area contributed by atoms with Gasteiger partial charge in [0.25, 0.3) is 5.91 Å². The maximum atomic E-state index is 12.7. The van der Waals surface area contributed by atoms with Crippen molar-refractivity contribution in [2.75, 3.05) is 26.2 Å². The number of fused-ring (bicyclic) bond motifs is 1. The van der Waals surface area contributed by atoms with Gasteiger partial charge in [-0.1, -0.05) is 36.4 Å². The van der Waals surface area contributed by atoms with Crippen LogP contribution in [0.25, 0.3) is 10.9 Å². The molecule has 1 saturated heterocycles. The second-order valence-electron chi connectivity index (χ2n) is 6.74. The molecule has 25 heavy (non-hydrogen) atoms. The molecule has 4 heteroatoms. The Labute approximate surface area is 148 Å². The molecular formula is C21H23N3O. The van der Waals surface area contributed by atoms with Gasteiger partial charge in [0.2, 0.25) is 0 Å². The van der Waals surface area contributed by atoms with Crippen LogP contribution in [0.1, 0.15) is 21.5 Å². The Balaban J connectivity index is 1.40. The van der Waals surface area contributed by atoms with Gasteiger partial charge in [0.05, 0.1) is 0 Å². The van der Waals surface area contributed by atoms with Crippen LogP contribution in [0.15, 0.2) is 54.7 Å². The van der Waals surface area contributed by atoms with E-state index in [0.717, 1.165) is 43.9 Å². The summed E-state index contributed by atoms with van der Waals surface area (Å²) in [6, 6.07) is 16.3. The predicted octanol–water partition coefficient (Wildman–Crippen LogP) is 3.43. The Bertz CT molecular complexity index is 891. The molecule has 3 aromatic rings. The Kier molecular flexibility index (Phi) is 4.28. The molecule has 0 saturated carbocycles. The van der Waals surface area contributed by atoms with Gasteiger partial charge in [-0.05, 0) is 30.2 Å². The van der Waals surface area contributed by atoms with Gasteiger partial charge in [-0.3, -0.25) is 9.69 Å². The molecule has 0 atom stereocenters. The Morgan fingerprint density at radius 2 is 1.72 bits per heavy atom. The van der Waals surface area contributed by atoms with E-state index in [9.17, 15) is 4.79 Å². The molecule has 1 aliphatic rings. The van der Waals surface area contributed by atoms with E-state index < -0.39 is 0 Å². The van der Waals surface area contributed by atoms with E-state index in [-0.39, 0.29) is 5.91 Å². The number of H-pyrrole nitrogens is 1. The number of carbonyl (C=O) groups excluding carboxylic acids is 1. The van der Waals surface area contributed by atoms with Crippen molar-refractivity contribution in [3.63, 3.8) is 0 Å². The molecule has 4 nitrogen and oxygen atoms in total. The lowest BCUT2D eigenvalue weighted by molar-refractivity contribution is 0.0628. The molecule has 0 unspecified atom stereocenters. The van der Waals surface area contributed by atoms with Crippen molar-refractivity contribution in [2.24, 2.45) is 0 Å². The van der Waals surface area contributed by atoms with Crippen LogP contribution in [0.2, 0.25) is 0 Å². The smallest absolute Gasteiger partial charge is 0.254 e. The second-order valence-corrected chi connectivity index (χ2v) is 6.74. The van der Waals surface area contributed by atoms with E-state index in [0.29, 0.717) is 0 Å². The number of aryl methyl sites for hydroxylation is 1. The second kappa shape index (κ2) is 6.73. The van der Waals surface area contributed by atoms with Gasteiger partial charge in [0.1, 0.15) is 0 Å². The Morgan fingerprint density at radius 1 is 1.00 bits per heavy atom. The minimum atomic E-state index is 0.157. The highest BCUT2D eigenvalue weighted by atomic mass is 16.2. The number of benzene rings is 2. The number of piperazine rings is 1. The summed E-state index contributed by atoms with van der Waals surface area (Å²) in [5.74, 6) is 0.157. The zero-order valence-electron chi connectivity index (χ0n) is 14.5. The summed E-state index contributed by atoms with van der Waals surface area (Å²) >= 11 is 0. The zero-order valence-corrected chi connectivity index (χ0v) is 14.5. The number of rotatable bonds is 3. The van der Waals surface area contributed by atoms with E-state index in [2.05, 4.69) is 40.3 Å². The van der Waals surface area contributed by atoms with Crippen LogP contribution in [0.3, 0.4) is 0 Å². The molecule has 1 fully saturated rings. The highest BCUT2D eigenvalue weighted by Crippen LogP contribution is 2.20. The molecule has 1 amide bonds. The average molecular weight is 333 g/mol. The summed E-state index contributed by atoms with van der Waals surface area (Å²) in [6.07, 6.45) is 2.11. The quantitative estimate of drug-likeness (QED) is 0.797. The summed E-state index contributed by atoms with van der Waals surface area (Å²) in [6.45, 7) is 6.33. The van der Waals surface area contributed by atoms with Crippen molar-refractivity contribution in [1.82, 2.24) is 14.8 Å². The van der Waals surface area contributed by atoms with Gasteiger partial charge in [-0.2, -0.15) is 0 Å². The van der Waals surface area contributed by atoms with Crippen molar-refractivity contribution in [1.29, 1.82) is 0 Å². The van der Waals surface area contributed by atoms with E-state index in [1.807, 2.05) is 36.1 Å². The highest BCUT2D eigenvalue weighted by Gasteiger charge is 2.23. The van der Waals surface area contributed by atoms with Crippen LogP contribution in [-0.4, -0.2) is 46.9 Å². The van der Waals surface area contributed by atoms with Crippen LogP contribution in [-0.2, 0) is 6.54 Å². The standard InChI is InChI=1S/C21H23N3O/c1-16-6-2-3-7-18(16)21(25)24-12-10-23(11-13-24)15-17-14-22-20-9-5-4-8-19(17)20/h2-9,14,22H,10-13,15H2,1H3. The third-order valence-electron chi connectivity index (χ3n) is 5.10. The molecule has 0 bridgehead atoms. The molecule has 1 N–H and O–H groups in total. The molecule has 2 aromatic carbocycles. The molecule has 1 aromatic heterocycles. The highest BCUT2D eigenvalue weighted by molar-refractivity contribution is 5.95. The normalized spacial score (nSPS) is 15.6. The lowest BCUT2D eigenvalue weighted by atomic mass is 10.1. The van der Waals surface area contributed by atoms with Gasteiger partial charge in [-0.15, -0.1) is 0 Å². The lowest BCUT2D eigenvalue weighted by Crippen LogP contribution is -2.48. The monoisotopic (exact) mass is 333 g/mol. The first-order valence-corrected chi connectivity index (χ1v) is 8.84. The third-order valence-corrected chi connectivity index (χ3v) is 5.10. The fraction of sp³-hybridized carbons (Fsp3) is 0.286. The largest absolute Gasteiger partial charge is 0.361 e. The maximum Gasteiger partial charge on any atom is 0.254 e. The van der Waals surface area contributed by atoms with E-state index in [1.54, 1.807) is 0 Å². The minimum absolute atomic E-state index is 0.157. The van der Waals surface area contributed by atoms with Gasteiger partial charge >= 0.3 is 0 Å². The van der Waals surface area contributed by atoms with Crippen LogP contribution < -0.4 is 0 Å². The van der Waals surface area contributed by atoms with Gasteiger partial charge in [0, 0.05) is 55.4 Å². The first-order chi connectivity index (χ1) is 12.2. The maximum absolute atomic E-state index is 12.7. The molecule has 4 rings (SSSR count). The average Bonchev–Trinajstić information content (AvgIpc) is 3.05. The van der Waals surface area contributed by atoms with Crippen LogP contribution in [0.5, 0.6) is 0 Å².